The Kier molecular flexibility index (Phi) is 4.60. The van der Waals surface area contributed by atoms with Gasteiger partial charge in [-0.1, -0.05) is 6.92 Å². The maximum atomic E-state index is 12.5. The molecule has 5 heteroatoms. The highest BCUT2D eigenvalue weighted by molar-refractivity contribution is 7.15. The van der Waals surface area contributed by atoms with Gasteiger partial charge in [-0.15, -0.1) is 11.3 Å². The number of thiophene rings is 1. The molecule has 1 fully saturated rings. The minimum atomic E-state index is -0.976. The Morgan fingerprint density at radius 1 is 1.50 bits per heavy atom. The van der Waals surface area contributed by atoms with Crippen molar-refractivity contribution in [1.29, 1.82) is 0 Å². The van der Waals surface area contributed by atoms with E-state index in [1.54, 1.807) is 6.08 Å². The summed E-state index contributed by atoms with van der Waals surface area (Å²) in [5.41, 5.74) is 0.947. The molecule has 1 N–H and O–H groups in total. The zero-order valence-electron chi connectivity index (χ0n) is 11.8. The minimum absolute atomic E-state index is 0.0809. The molecule has 0 saturated heterocycles. The summed E-state index contributed by atoms with van der Waals surface area (Å²) >= 11 is 1.37. The van der Waals surface area contributed by atoms with Crippen LogP contribution in [0.2, 0.25) is 0 Å². The molecule has 0 unspecified atom stereocenters. The molecule has 0 bridgehead atoms. The molecular formula is C15H19NO3S. The average Bonchev–Trinajstić information content (AvgIpc) is 3.16. The summed E-state index contributed by atoms with van der Waals surface area (Å²) in [6.45, 7) is 4.76. The predicted octanol–water partition coefficient (Wildman–Crippen LogP) is 3.17. The number of amides is 1. The Hall–Kier alpha value is -1.62. The van der Waals surface area contributed by atoms with E-state index in [0.717, 1.165) is 42.3 Å². The molecule has 1 aliphatic carbocycles. The lowest BCUT2D eigenvalue weighted by Gasteiger charge is -2.20. The molecule has 0 aliphatic heterocycles. The van der Waals surface area contributed by atoms with Crippen LogP contribution in [-0.4, -0.2) is 34.5 Å². The van der Waals surface area contributed by atoms with Gasteiger partial charge in [0.1, 0.15) is 0 Å². The number of carboxylic acid groups (broad SMARTS) is 1. The fraction of sp³-hybridized carbons (Fsp3) is 0.467. The molecule has 1 saturated carbocycles. The normalized spacial score (nSPS) is 14.7. The predicted molar refractivity (Wildman–Crippen MR) is 80.1 cm³/mol. The van der Waals surface area contributed by atoms with Crippen LogP contribution in [0.15, 0.2) is 12.1 Å². The second-order valence-corrected chi connectivity index (χ2v) is 6.14. The Bertz CT molecular complexity index is 543. The molecule has 4 nitrogen and oxygen atoms in total. The molecule has 0 radical (unpaired) electrons. The lowest BCUT2D eigenvalue weighted by molar-refractivity contribution is -0.131. The van der Waals surface area contributed by atoms with Gasteiger partial charge in [0.05, 0.1) is 4.88 Å². The van der Waals surface area contributed by atoms with E-state index in [2.05, 4.69) is 6.92 Å². The van der Waals surface area contributed by atoms with Crippen LogP contribution < -0.4 is 0 Å². The first-order valence-corrected chi connectivity index (χ1v) is 7.67. The van der Waals surface area contributed by atoms with Gasteiger partial charge < -0.3 is 10.0 Å². The van der Waals surface area contributed by atoms with Crippen molar-refractivity contribution < 1.29 is 14.7 Å². The van der Waals surface area contributed by atoms with Crippen molar-refractivity contribution in [3.8, 4) is 0 Å². The number of nitrogens with zero attached hydrogens (tertiary/aromatic N) is 1. The maximum absolute atomic E-state index is 12.5. The topological polar surface area (TPSA) is 57.6 Å². The van der Waals surface area contributed by atoms with Crippen LogP contribution in [0.25, 0.3) is 6.08 Å². The maximum Gasteiger partial charge on any atom is 0.328 e. The first kappa shape index (κ1) is 14.8. The van der Waals surface area contributed by atoms with Crippen molar-refractivity contribution in [1.82, 2.24) is 4.90 Å². The summed E-state index contributed by atoms with van der Waals surface area (Å²) in [7, 11) is 0. The lowest BCUT2D eigenvalue weighted by Crippen LogP contribution is -2.33. The summed E-state index contributed by atoms with van der Waals surface area (Å²) in [5, 5.41) is 8.66. The first-order valence-electron chi connectivity index (χ1n) is 6.85. The van der Waals surface area contributed by atoms with E-state index in [0.29, 0.717) is 10.9 Å². The third-order valence-corrected chi connectivity index (χ3v) is 4.45. The molecule has 2 rings (SSSR count). The van der Waals surface area contributed by atoms with Crippen LogP contribution in [0.5, 0.6) is 0 Å². The van der Waals surface area contributed by atoms with Crippen LogP contribution in [0.1, 0.15) is 46.3 Å². The average molecular weight is 293 g/mol. The van der Waals surface area contributed by atoms with Gasteiger partial charge in [0.2, 0.25) is 0 Å². The summed E-state index contributed by atoms with van der Waals surface area (Å²) < 4.78 is 0. The summed E-state index contributed by atoms with van der Waals surface area (Å²) in [4.78, 5) is 26.6. The van der Waals surface area contributed by atoms with Crippen molar-refractivity contribution in [2.75, 3.05) is 6.54 Å². The molecule has 1 aromatic rings. The van der Waals surface area contributed by atoms with E-state index < -0.39 is 5.97 Å². The molecule has 1 aliphatic rings. The number of hydrogen-bond acceptors (Lipinski definition) is 3. The number of rotatable bonds is 6. The van der Waals surface area contributed by atoms with Crippen LogP contribution in [0.4, 0.5) is 0 Å². The van der Waals surface area contributed by atoms with Gasteiger partial charge in [-0.3, -0.25) is 4.79 Å². The third kappa shape index (κ3) is 3.48. The van der Waals surface area contributed by atoms with Crippen molar-refractivity contribution in [3.05, 3.63) is 27.5 Å². The Morgan fingerprint density at radius 3 is 2.75 bits per heavy atom. The Labute approximate surface area is 122 Å². The van der Waals surface area contributed by atoms with Gasteiger partial charge in [-0.25, -0.2) is 4.79 Å². The first-order chi connectivity index (χ1) is 9.52. The second-order valence-electron chi connectivity index (χ2n) is 5.06. The van der Waals surface area contributed by atoms with Crippen molar-refractivity contribution in [2.45, 2.75) is 39.2 Å². The van der Waals surface area contributed by atoms with E-state index in [-0.39, 0.29) is 5.91 Å². The van der Waals surface area contributed by atoms with E-state index >= 15 is 0 Å². The van der Waals surface area contributed by atoms with Gasteiger partial charge in [0, 0.05) is 23.5 Å². The summed E-state index contributed by atoms with van der Waals surface area (Å²) in [6, 6.07) is 2.27. The molecular weight excluding hydrogens is 274 g/mol. The molecule has 0 spiro atoms. The number of aryl methyl sites for hydroxylation is 1. The molecule has 20 heavy (non-hydrogen) atoms. The van der Waals surface area contributed by atoms with Gasteiger partial charge in [-0.05, 0) is 43.9 Å². The fourth-order valence-electron chi connectivity index (χ4n) is 2.13. The van der Waals surface area contributed by atoms with Gasteiger partial charge in [-0.2, -0.15) is 0 Å². The lowest BCUT2D eigenvalue weighted by atomic mass is 10.2. The molecule has 1 amide bonds. The van der Waals surface area contributed by atoms with Crippen LogP contribution in [0, 0.1) is 6.92 Å². The highest BCUT2D eigenvalue weighted by Gasteiger charge is 2.33. The highest BCUT2D eigenvalue weighted by atomic mass is 32.1. The zero-order valence-corrected chi connectivity index (χ0v) is 12.6. The number of carbonyl (C=O) groups is 2. The molecule has 1 aromatic heterocycles. The number of aliphatic carboxylic acids is 1. The van der Waals surface area contributed by atoms with Gasteiger partial charge in [0.15, 0.2) is 0 Å². The van der Waals surface area contributed by atoms with Gasteiger partial charge >= 0.3 is 5.97 Å². The Balaban J connectivity index is 2.17. The van der Waals surface area contributed by atoms with Crippen LogP contribution in [-0.2, 0) is 4.79 Å². The smallest absolute Gasteiger partial charge is 0.328 e. The molecule has 1 heterocycles. The standard InChI is InChI=1S/C15H19NO3S/c1-3-8-16(11-4-5-11)15(19)13-9-10(2)12(20-13)6-7-14(17)18/h6-7,9,11H,3-5,8H2,1-2H3,(H,17,18)/b7-6+. The quantitative estimate of drug-likeness (QED) is 0.820. The summed E-state index contributed by atoms with van der Waals surface area (Å²) in [6.07, 6.45) is 5.82. The number of hydrogen-bond donors (Lipinski definition) is 1. The third-order valence-electron chi connectivity index (χ3n) is 3.26. The van der Waals surface area contributed by atoms with E-state index in [9.17, 15) is 9.59 Å². The molecule has 0 aromatic carbocycles. The molecule has 0 atom stereocenters. The number of carboxylic acids is 1. The minimum Gasteiger partial charge on any atom is -0.478 e. The SMILES string of the molecule is CCCN(C(=O)c1cc(C)c(/C=C/C(=O)O)s1)C1CC1. The highest BCUT2D eigenvalue weighted by Crippen LogP contribution is 2.31. The van der Waals surface area contributed by atoms with Crippen molar-refractivity contribution in [2.24, 2.45) is 0 Å². The second kappa shape index (κ2) is 6.22. The van der Waals surface area contributed by atoms with E-state index in [4.69, 9.17) is 5.11 Å². The monoisotopic (exact) mass is 293 g/mol. The van der Waals surface area contributed by atoms with E-state index in [1.807, 2.05) is 17.9 Å². The van der Waals surface area contributed by atoms with Crippen LogP contribution in [0.3, 0.4) is 0 Å². The largest absolute Gasteiger partial charge is 0.478 e. The zero-order chi connectivity index (χ0) is 14.7. The number of carbonyl (C=O) groups excluding carboxylic acids is 1. The van der Waals surface area contributed by atoms with Crippen molar-refractivity contribution in [3.63, 3.8) is 0 Å². The van der Waals surface area contributed by atoms with Gasteiger partial charge in [0.25, 0.3) is 5.91 Å². The fourth-order valence-corrected chi connectivity index (χ4v) is 3.17. The molecule has 108 valence electrons. The van der Waals surface area contributed by atoms with Crippen LogP contribution >= 0.6 is 11.3 Å². The summed E-state index contributed by atoms with van der Waals surface area (Å²) in [5.74, 6) is -0.895. The van der Waals surface area contributed by atoms with E-state index in [1.165, 1.54) is 11.3 Å². The Morgan fingerprint density at radius 2 is 2.20 bits per heavy atom. The van der Waals surface area contributed by atoms with Crippen molar-refractivity contribution >= 4 is 29.3 Å².